The second kappa shape index (κ2) is 3.48. The molecule has 3 nitrogen and oxygen atoms in total. The minimum absolute atomic E-state index is 0.0893. The number of benzene rings is 2. The summed E-state index contributed by atoms with van der Waals surface area (Å²) in [7, 11) is 0. The van der Waals surface area contributed by atoms with E-state index >= 15 is 0 Å². The van der Waals surface area contributed by atoms with Gasteiger partial charge in [-0.1, -0.05) is 12.1 Å². The smallest absolute Gasteiger partial charge is 0.170 e. The number of ether oxygens (including phenoxy) is 1. The Labute approximate surface area is 105 Å². The molecule has 0 aromatic heterocycles. The van der Waals surface area contributed by atoms with Gasteiger partial charge in [-0.3, -0.25) is 4.79 Å². The molecule has 0 unspecified atom stereocenters. The predicted molar refractivity (Wildman–Crippen MR) is 69.3 cm³/mol. The van der Waals surface area contributed by atoms with Crippen LogP contribution >= 0.6 is 0 Å². The molecule has 0 amide bonds. The molecule has 18 heavy (non-hydrogen) atoms. The highest BCUT2D eigenvalue weighted by Crippen LogP contribution is 2.38. The zero-order chi connectivity index (χ0) is 12.9. The summed E-state index contributed by atoms with van der Waals surface area (Å²) in [6.07, 6.45) is 0.379. The maximum absolute atomic E-state index is 12.1. The fraction of sp³-hybridized carbons (Fsp3) is 0.267. The topological polar surface area (TPSA) is 46.5 Å². The van der Waals surface area contributed by atoms with Gasteiger partial charge < -0.3 is 9.84 Å². The van der Waals surface area contributed by atoms with Crippen molar-refractivity contribution in [3.63, 3.8) is 0 Å². The van der Waals surface area contributed by atoms with E-state index in [1.807, 2.05) is 19.9 Å². The van der Waals surface area contributed by atoms with Crippen LogP contribution in [-0.4, -0.2) is 16.5 Å². The Bertz CT molecular complexity index is 656. The third-order valence-electron chi connectivity index (χ3n) is 3.23. The van der Waals surface area contributed by atoms with Crippen molar-refractivity contribution in [3.05, 3.63) is 35.9 Å². The van der Waals surface area contributed by atoms with Gasteiger partial charge in [-0.15, -0.1) is 0 Å². The zero-order valence-electron chi connectivity index (χ0n) is 10.4. The Balaban J connectivity index is 2.28. The standard InChI is InChI=1S/C15H14O3/c1-15(2)8-13(17)11-6-9-4-3-5-12(16)10(9)7-14(11)18-15/h3-7,16H,8H2,1-2H3. The molecule has 0 radical (unpaired) electrons. The first-order chi connectivity index (χ1) is 8.46. The summed E-state index contributed by atoms with van der Waals surface area (Å²) >= 11 is 0. The fourth-order valence-electron chi connectivity index (χ4n) is 2.41. The van der Waals surface area contributed by atoms with Crippen LogP contribution in [-0.2, 0) is 0 Å². The van der Waals surface area contributed by atoms with Gasteiger partial charge in [0, 0.05) is 5.39 Å². The van der Waals surface area contributed by atoms with Crippen LogP contribution in [0.4, 0.5) is 0 Å². The van der Waals surface area contributed by atoms with Gasteiger partial charge in [0.1, 0.15) is 17.1 Å². The minimum Gasteiger partial charge on any atom is -0.507 e. The lowest BCUT2D eigenvalue weighted by molar-refractivity contribution is 0.0621. The number of fused-ring (bicyclic) bond motifs is 2. The van der Waals surface area contributed by atoms with E-state index in [9.17, 15) is 9.90 Å². The van der Waals surface area contributed by atoms with E-state index in [-0.39, 0.29) is 11.5 Å². The third-order valence-corrected chi connectivity index (χ3v) is 3.23. The fourth-order valence-corrected chi connectivity index (χ4v) is 2.41. The molecular formula is C15H14O3. The van der Waals surface area contributed by atoms with Crippen LogP contribution in [0.1, 0.15) is 30.6 Å². The van der Waals surface area contributed by atoms with Gasteiger partial charge in [-0.25, -0.2) is 0 Å². The molecule has 1 aliphatic rings. The molecule has 2 aromatic rings. The minimum atomic E-state index is -0.484. The summed E-state index contributed by atoms with van der Waals surface area (Å²) in [5.74, 6) is 0.853. The molecule has 3 heteroatoms. The van der Waals surface area contributed by atoms with Crippen LogP contribution in [0.25, 0.3) is 10.8 Å². The first-order valence-electron chi connectivity index (χ1n) is 5.94. The lowest BCUT2D eigenvalue weighted by atomic mass is 9.91. The van der Waals surface area contributed by atoms with Crippen LogP contribution in [0.2, 0.25) is 0 Å². The average molecular weight is 242 g/mol. The second-order valence-electron chi connectivity index (χ2n) is 5.31. The van der Waals surface area contributed by atoms with E-state index in [1.165, 1.54) is 0 Å². The molecular weight excluding hydrogens is 228 g/mol. The monoisotopic (exact) mass is 242 g/mol. The number of ketones is 1. The molecule has 1 N–H and O–H groups in total. The normalized spacial score (nSPS) is 17.3. The highest BCUT2D eigenvalue weighted by atomic mass is 16.5. The number of phenols is 1. The van der Waals surface area contributed by atoms with E-state index in [2.05, 4.69) is 0 Å². The lowest BCUT2D eigenvalue weighted by Gasteiger charge is -2.31. The number of aromatic hydroxyl groups is 1. The van der Waals surface area contributed by atoms with Crippen molar-refractivity contribution in [2.45, 2.75) is 25.9 Å². The molecule has 0 spiro atoms. The van der Waals surface area contributed by atoms with Gasteiger partial charge >= 0.3 is 0 Å². The van der Waals surface area contributed by atoms with Crippen LogP contribution < -0.4 is 4.74 Å². The van der Waals surface area contributed by atoms with E-state index < -0.39 is 5.60 Å². The summed E-state index contributed by atoms with van der Waals surface area (Å²) in [5, 5.41) is 11.4. The van der Waals surface area contributed by atoms with Gasteiger partial charge in [0.25, 0.3) is 0 Å². The predicted octanol–water partition coefficient (Wildman–Crippen LogP) is 3.29. The summed E-state index contributed by atoms with van der Waals surface area (Å²) < 4.78 is 5.82. The lowest BCUT2D eigenvalue weighted by Crippen LogP contribution is -2.35. The number of carbonyl (C=O) groups excluding carboxylic acids is 1. The van der Waals surface area contributed by atoms with Crippen LogP contribution in [0.15, 0.2) is 30.3 Å². The van der Waals surface area contributed by atoms with E-state index in [0.29, 0.717) is 23.1 Å². The summed E-state index contributed by atoms with van der Waals surface area (Å²) in [5.41, 5.74) is 0.120. The van der Waals surface area contributed by atoms with Crippen molar-refractivity contribution < 1.29 is 14.6 Å². The third kappa shape index (κ3) is 1.63. The van der Waals surface area contributed by atoms with Gasteiger partial charge in [-0.05, 0) is 37.4 Å². The second-order valence-corrected chi connectivity index (χ2v) is 5.31. The number of hydrogen-bond acceptors (Lipinski definition) is 3. The molecule has 0 atom stereocenters. The molecule has 1 heterocycles. The molecule has 1 aliphatic heterocycles. The highest BCUT2D eigenvalue weighted by Gasteiger charge is 2.32. The molecule has 92 valence electrons. The number of hydrogen-bond donors (Lipinski definition) is 1. The molecule has 0 saturated carbocycles. The van der Waals surface area contributed by atoms with Crippen molar-refractivity contribution in [1.29, 1.82) is 0 Å². The van der Waals surface area contributed by atoms with Crippen LogP contribution in [0.3, 0.4) is 0 Å². The number of Topliss-reactive ketones (excluding diaryl/α,β-unsaturated/α-hetero) is 1. The average Bonchev–Trinajstić information content (AvgIpc) is 2.27. The van der Waals surface area contributed by atoms with Crippen molar-refractivity contribution in [2.75, 3.05) is 0 Å². The first-order valence-corrected chi connectivity index (χ1v) is 5.94. The Morgan fingerprint density at radius 2 is 2.06 bits per heavy atom. The van der Waals surface area contributed by atoms with Crippen LogP contribution in [0, 0.1) is 0 Å². The largest absolute Gasteiger partial charge is 0.507 e. The molecule has 0 saturated heterocycles. The molecule has 2 aromatic carbocycles. The van der Waals surface area contributed by atoms with Crippen molar-refractivity contribution >= 4 is 16.6 Å². The Morgan fingerprint density at radius 1 is 1.28 bits per heavy atom. The van der Waals surface area contributed by atoms with E-state index in [1.54, 1.807) is 24.3 Å². The molecule has 0 fully saturated rings. The Hall–Kier alpha value is -2.03. The molecule has 0 aliphatic carbocycles. The number of carbonyl (C=O) groups is 1. The quantitative estimate of drug-likeness (QED) is 0.771. The zero-order valence-corrected chi connectivity index (χ0v) is 10.4. The molecule has 0 bridgehead atoms. The van der Waals surface area contributed by atoms with Gasteiger partial charge in [0.15, 0.2) is 5.78 Å². The molecule has 3 rings (SSSR count). The maximum Gasteiger partial charge on any atom is 0.170 e. The van der Waals surface area contributed by atoms with Gasteiger partial charge in [0.05, 0.1) is 12.0 Å². The maximum atomic E-state index is 12.1. The summed E-state index contributed by atoms with van der Waals surface area (Å²) in [6, 6.07) is 8.82. The van der Waals surface area contributed by atoms with Crippen molar-refractivity contribution in [3.8, 4) is 11.5 Å². The summed E-state index contributed by atoms with van der Waals surface area (Å²) in [4.78, 5) is 12.1. The van der Waals surface area contributed by atoms with Crippen molar-refractivity contribution in [1.82, 2.24) is 0 Å². The van der Waals surface area contributed by atoms with Gasteiger partial charge in [0.2, 0.25) is 0 Å². The first kappa shape index (κ1) is 11.1. The summed E-state index contributed by atoms with van der Waals surface area (Å²) in [6.45, 7) is 3.78. The number of phenolic OH excluding ortho intramolecular Hbond substituents is 1. The highest BCUT2D eigenvalue weighted by molar-refractivity contribution is 6.05. The van der Waals surface area contributed by atoms with Crippen molar-refractivity contribution in [2.24, 2.45) is 0 Å². The Morgan fingerprint density at radius 3 is 2.83 bits per heavy atom. The van der Waals surface area contributed by atoms with E-state index in [4.69, 9.17) is 4.74 Å². The van der Waals surface area contributed by atoms with Crippen LogP contribution in [0.5, 0.6) is 11.5 Å². The Kier molecular flexibility index (Phi) is 2.14. The number of rotatable bonds is 0. The SMILES string of the molecule is CC1(C)CC(=O)c2cc3cccc(O)c3cc2O1. The van der Waals surface area contributed by atoms with E-state index in [0.717, 1.165) is 5.39 Å². The van der Waals surface area contributed by atoms with Gasteiger partial charge in [-0.2, -0.15) is 0 Å².